The fourth-order valence-corrected chi connectivity index (χ4v) is 3.49. The fraction of sp³-hybridized carbons (Fsp3) is 0.182. The summed E-state index contributed by atoms with van der Waals surface area (Å²) in [6.45, 7) is 1.76. The van der Waals surface area contributed by atoms with Gasteiger partial charge in [-0.15, -0.1) is 0 Å². The summed E-state index contributed by atoms with van der Waals surface area (Å²) >= 11 is 0. The normalized spacial score (nSPS) is 11.9. The van der Waals surface area contributed by atoms with Gasteiger partial charge in [0.2, 0.25) is 0 Å². The lowest BCUT2D eigenvalue weighted by atomic mass is 10.1. The van der Waals surface area contributed by atoms with Crippen molar-refractivity contribution in [1.82, 2.24) is 19.9 Å². The van der Waals surface area contributed by atoms with Crippen molar-refractivity contribution in [1.29, 1.82) is 5.26 Å². The number of hydrogen-bond acceptors (Lipinski definition) is 6. The zero-order valence-electron chi connectivity index (χ0n) is 16.3. The highest BCUT2D eigenvalue weighted by molar-refractivity contribution is 5.85. The highest BCUT2D eigenvalue weighted by Gasteiger charge is 2.18. The molecule has 8 nitrogen and oxygen atoms in total. The first kappa shape index (κ1) is 19.4. The summed E-state index contributed by atoms with van der Waals surface area (Å²) in [5.41, 5.74) is 4.38. The van der Waals surface area contributed by atoms with E-state index in [2.05, 4.69) is 31.3 Å². The molecule has 4 N–H and O–H groups in total. The van der Waals surface area contributed by atoms with Crippen LogP contribution in [0.5, 0.6) is 0 Å². The van der Waals surface area contributed by atoms with Gasteiger partial charge in [0.15, 0.2) is 0 Å². The predicted molar refractivity (Wildman–Crippen MR) is 114 cm³/mol. The van der Waals surface area contributed by atoms with E-state index in [0.717, 1.165) is 11.1 Å². The summed E-state index contributed by atoms with van der Waals surface area (Å²) in [7, 11) is 0. The van der Waals surface area contributed by atoms with Crippen LogP contribution in [0.1, 0.15) is 16.7 Å². The molecule has 3 aromatic heterocycles. The third-order valence-electron chi connectivity index (χ3n) is 4.92. The Morgan fingerprint density at radius 2 is 2.07 bits per heavy atom. The number of anilines is 1. The molecular weight excluding hydrogens is 380 g/mol. The summed E-state index contributed by atoms with van der Waals surface area (Å²) < 4.78 is 0. The van der Waals surface area contributed by atoms with E-state index in [1.807, 2.05) is 19.1 Å². The first-order chi connectivity index (χ1) is 14.6. The molecule has 0 aliphatic heterocycles. The monoisotopic (exact) mass is 400 g/mol. The van der Waals surface area contributed by atoms with Crippen molar-refractivity contribution in [2.75, 3.05) is 11.9 Å². The van der Waals surface area contributed by atoms with Crippen LogP contribution in [0, 0.1) is 18.3 Å². The third-order valence-corrected chi connectivity index (χ3v) is 4.92. The smallest absolute Gasteiger partial charge is 0.261 e. The molecule has 3 heterocycles. The number of aliphatic hydroxyl groups excluding tert-OH is 1. The second-order valence-electron chi connectivity index (χ2n) is 7.07. The van der Waals surface area contributed by atoms with E-state index >= 15 is 0 Å². The number of imidazole rings is 1. The number of aromatic amines is 2. The first-order valence-electron chi connectivity index (χ1n) is 9.48. The largest absolute Gasteiger partial charge is 0.394 e. The molecule has 0 aliphatic carbocycles. The van der Waals surface area contributed by atoms with Crippen LogP contribution in [-0.2, 0) is 6.42 Å². The van der Waals surface area contributed by atoms with Crippen LogP contribution in [-0.4, -0.2) is 37.7 Å². The van der Waals surface area contributed by atoms with E-state index in [1.54, 1.807) is 36.8 Å². The van der Waals surface area contributed by atoms with E-state index < -0.39 is 0 Å². The van der Waals surface area contributed by atoms with E-state index in [1.165, 1.54) is 0 Å². The number of nitrogens with one attached hydrogen (secondary N) is 3. The second kappa shape index (κ2) is 8.19. The number of fused-ring (bicyclic) bond motifs is 1. The molecule has 0 saturated heterocycles. The van der Waals surface area contributed by atoms with Crippen molar-refractivity contribution in [3.8, 4) is 17.5 Å². The van der Waals surface area contributed by atoms with Gasteiger partial charge < -0.3 is 20.4 Å². The molecule has 1 aromatic carbocycles. The molecule has 4 aromatic rings. The number of aryl methyl sites for hydroxylation is 1. The summed E-state index contributed by atoms with van der Waals surface area (Å²) in [6.07, 6.45) is 5.52. The standard InChI is InChI=1S/C22H20N6O2/c1-13-8-15(11-23)10-18-20(13)28-21(27-18)19-17(4-7-25-22(19)30)26-16(12-29)9-14-2-5-24-6-3-14/h2-8,10,16,29H,9,12H2,1H3,(H,27,28)(H2,25,26,30). The Morgan fingerprint density at radius 1 is 1.27 bits per heavy atom. The SMILES string of the molecule is Cc1cc(C#N)cc2[nH]c(-c3c(NC(CO)Cc4ccncc4)cc[nH]c3=O)nc12. The van der Waals surface area contributed by atoms with Crippen LogP contribution in [0.25, 0.3) is 22.4 Å². The molecule has 1 atom stereocenters. The Hall–Kier alpha value is -3.96. The number of aromatic nitrogens is 4. The van der Waals surface area contributed by atoms with Crippen molar-refractivity contribution < 1.29 is 5.11 Å². The van der Waals surface area contributed by atoms with Crippen LogP contribution >= 0.6 is 0 Å². The van der Waals surface area contributed by atoms with Crippen LogP contribution in [0.3, 0.4) is 0 Å². The van der Waals surface area contributed by atoms with E-state index in [-0.39, 0.29) is 18.2 Å². The molecule has 30 heavy (non-hydrogen) atoms. The molecule has 0 fully saturated rings. The minimum Gasteiger partial charge on any atom is -0.394 e. The van der Waals surface area contributed by atoms with E-state index in [0.29, 0.717) is 40.1 Å². The Morgan fingerprint density at radius 3 is 2.80 bits per heavy atom. The lowest BCUT2D eigenvalue weighted by molar-refractivity contribution is 0.273. The minimum atomic E-state index is -0.308. The molecule has 0 aliphatic rings. The molecule has 8 heteroatoms. The lowest BCUT2D eigenvalue weighted by Crippen LogP contribution is -2.28. The van der Waals surface area contributed by atoms with Gasteiger partial charge in [0, 0.05) is 18.6 Å². The van der Waals surface area contributed by atoms with Crippen molar-refractivity contribution in [3.05, 3.63) is 76.0 Å². The van der Waals surface area contributed by atoms with Crippen molar-refractivity contribution in [2.45, 2.75) is 19.4 Å². The number of rotatable bonds is 6. The molecule has 0 amide bonds. The van der Waals surface area contributed by atoms with E-state index in [9.17, 15) is 15.2 Å². The Kier molecular flexibility index (Phi) is 5.28. The van der Waals surface area contributed by atoms with Gasteiger partial charge >= 0.3 is 0 Å². The lowest BCUT2D eigenvalue weighted by Gasteiger charge is -2.19. The predicted octanol–water partition coefficient (Wildman–Crippen LogP) is 2.51. The molecule has 0 saturated carbocycles. The Labute approximate surface area is 172 Å². The van der Waals surface area contributed by atoms with Crippen LogP contribution in [0.2, 0.25) is 0 Å². The zero-order valence-corrected chi connectivity index (χ0v) is 16.3. The summed E-state index contributed by atoms with van der Waals surface area (Å²) in [6, 6.07) is 10.8. The summed E-state index contributed by atoms with van der Waals surface area (Å²) in [5, 5.41) is 22.3. The van der Waals surface area contributed by atoms with Crippen LogP contribution in [0.15, 0.2) is 53.7 Å². The van der Waals surface area contributed by atoms with Gasteiger partial charge in [-0.05, 0) is 54.8 Å². The van der Waals surface area contributed by atoms with E-state index in [4.69, 9.17) is 0 Å². The molecule has 150 valence electrons. The van der Waals surface area contributed by atoms with Gasteiger partial charge in [0.1, 0.15) is 11.4 Å². The average Bonchev–Trinajstić information content (AvgIpc) is 3.18. The molecule has 0 radical (unpaired) electrons. The molecule has 4 rings (SSSR count). The van der Waals surface area contributed by atoms with Gasteiger partial charge in [0.25, 0.3) is 5.56 Å². The number of pyridine rings is 2. The summed E-state index contributed by atoms with van der Waals surface area (Å²) in [4.78, 5) is 27.1. The maximum absolute atomic E-state index is 12.7. The maximum atomic E-state index is 12.7. The van der Waals surface area contributed by atoms with Gasteiger partial charge in [-0.3, -0.25) is 9.78 Å². The number of benzene rings is 1. The second-order valence-corrected chi connectivity index (χ2v) is 7.07. The van der Waals surface area contributed by atoms with Crippen LogP contribution < -0.4 is 10.9 Å². The molecule has 0 spiro atoms. The van der Waals surface area contributed by atoms with Gasteiger partial charge in [0.05, 0.1) is 41.0 Å². The highest BCUT2D eigenvalue weighted by Crippen LogP contribution is 2.27. The van der Waals surface area contributed by atoms with Crippen molar-refractivity contribution in [3.63, 3.8) is 0 Å². The van der Waals surface area contributed by atoms with Gasteiger partial charge in [-0.25, -0.2) is 4.98 Å². The number of aliphatic hydroxyl groups is 1. The topological polar surface area (TPSA) is 130 Å². The van der Waals surface area contributed by atoms with Gasteiger partial charge in [-0.2, -0.15) is 5.26 Å². The quantitative estimate of drug-likeness (QED) is 0.393. The summed E-state index contributed by atoms with van der Waals surface area (Å²) in [5.74, 6) is 0.396. The van der Waals surface area contributed by atoms with Crippen LogP contribution in [0.4, 0.5) is 5.69 Å². The highest BCUT2D eigenvalue weighted by atomic mass is 16.3. The number of H-pyrrole nitrogens is 2. The zero-order chi connectivity index (χ0) is 21.1. The molecule has 1 unspecified atom stereocenters. The number of hydrogen-bond donors (Lipinski definition) is 4. The van der Waals surface area contributed by atoms with Crippen molar-refractivity contribution in [2.24, 2.45) is 0 Å². The third kappa shape index (κ3) is 3.79. The fourth-order valence-electron chi connectivity index (χ4n) is 3.49. The van der Waals surface area contributed by atoms with Gasteiger partial charge in [-0.1, -0.05) is 0 Å². The first-order valence-corrected chi connectivity index (χ1v) is 9.48. The van der Waals surface area contributed by atoms with Crippen molar-refractivity contribution >= 4 is 16.7 Å². The average molecular weight is 400 g/mol. The minimum absolute atomic E-state index is 0.112. The number of nitriles is 1. The Bertz CT molecular complexity index is 1290. The maximum Gasteiger partial charge on any atom is 0.261 e. The Balaban J connectivity index is 1.73. The molecular formula is C22H20N6O2. The number of nitrogens with zero attached hydrogens (tertiary/aromatic N) is 3. The molecule has 0 bridgehead atoms.